The van der Waals surface area contributed by atoms with Gasteiger partial charge in [-0.15, -0.1) is 0 Å². The van der Waals surface area contributed by atoms with Gasteiger partial charge in [-0.2, -0.15) is 0 Å². The highest BCUT2D eigenvalue weighted by atomic mass is 16.6. The van der Waals surface area contributed by atoms with Gasteiger partial charge in [0, 0.05) is 12.5 Å². The molecule has 0 aliphatic heterocycles. The molecule has 2 aromatic carbocycles. The molecule has 3 nitrogen and oxygen atoms in total. The maximum absolute atomic E-state index is 13.0. The van der Waals surface area contributed by atoms with Crippen LogP contribution in [0.15, 0.2) is 54.6 Å². The van der Waals surface area contributed by atoms with E-state index < -0.39 is 5.60 Å². The van der Waals surface area contributed by atoms with Crippen LogP contribution in [0.5, 0.6) is 0 Å². The third-order valence-corrected chi connectivity index (χ3v) is 5.67. The molecule has 144 valence electrons. The van der Waals surface area contributed by atoms with Gasteiger partial charge in [-0.3, -0.25) is 0 Å². The van der Waals surface area contributed by atoms with Crippen molar-refractivity contribution in [1.29, 1.82) is 0 Å². The Morgan fingerprint density at radius 2 is 1.63 bits per heavy atom. The van der Waals surface area contributed by atoms with Crippen molar-refractivity contribution in [2.24, 2.45) is 0 Å². The summed E-state index contributed by atoms with van der Waals surface area (Å²) in [5, 5.41) is 0. The smallest absolute Gasteiger partial charge is 0.338 e. The maximum Gasteiger partial charge on any atom is 0.338 e. The Hall–Kier alpha value is -2.13. The van der Waals surface area contributed by atoms with Gasteiger partial charge in [-0.25, -0.2) is 4.79 Å². The SMILES string of the molecule is Cc1ccc(C(=O)OC2(C(CN(C)C)c3ccccc3)CCCCC2)cc1. The third kappa shape index (κ3) is 4.78. The molecule has 0 radical (unpaired) electrons. The van der Waals surface area contributed by atoms with Gasteiger partial charge in [0.1, 0.15) is 5.60 Å². The first-order chi connectivity index (χ1) is 13.0. The molecule has 0 amide bonds. The Balaban J connectivity index is 1.94. The minimum atomic E-state index is -0.439. The molecule has 0 aromatic heterocycles. The van der Waals surface area contributed by atoms with Crippen molar-refractivity contribution in [3.8, 4) is 0 Å². The minimum Gasteiger partial charge on any atom is -0.455 e. The van der Waals surface area contributed by atoms with Crippen LogP contribution in [-0.2, 0) is 4.74 Å². The lowest BCUT2D eigenvalue weighted by atomic mass is 9.72. The van der Waals surface area contributed by atoms with E-state index in [-0.39, 0.29) is 11.9 Å². The van der Waals surface area contributed by atoms with Gasteiger partial charge in [0.2, 0.25) is 0 Å². The zero-order chi connectivity index (χ0) is 19.3. The standard InChI is InChI=1S/C24H31NO2/c1-19-12-14-21(15-13-19)23(26)27-24(16-8-5-9-17-24)22(18-25(2)3)20-10-6-4-7-11-20/h4,6-7,10-15,22H,5,8-9,16-18H2,1-3H3. The van der Waals surface area contributed by atoms with Gasteiger partial charge in [-0.1, -0.05) is 54.4 Å². The highest BCUT2D eigenvalue weighted by molar-refractivity contribution is 5.89. The van der Waals surface area contributed by atoms with Gasteiger partial charge in [0.15, 0.2) is 0 Å². The van der Waals surface area contributed by atoms with Gasteiger partial charge in [0.05, 0.1) is 5.56 Å². The van der Waals surface area contributed by atoms with E-state index in [1.165, 1.54) is 12.0 Å². The zero-order valence-corrected chi connectivity index (χ0v) is 16.8. The first-order valence-electron chi connectivity index (χ1n) is 10.00. The molecule has 3 heteroatoms. The van der Waals surface area contributed by atoms with E-state index in [2.05, 4.69) is 43.3 Å². The number of likely N-dealkylation sites (N-methyl/N-ethyl adjacent to an activating group) is 1. The summed E-state index contributed by atoms with van der Waals surface area (Å²) in [5.74, 6) is -0.0278. The normalized spacial score (nSPS) is 17.5. The topological polar surface area (TPSA) is 29.5 Å². The maximum atomic E-state index is 13.0. The summed E-state index contributed by atoms with van der Waals surface area (Å²) in [6, 6.07) is 18.2. The van der Waals surface area contributed by atoms with Crippen LogP contribution >= 0.6 is 0 Å². The first-order valence-corrected chi connectivity index (χ1v) is 10.00. The number of nitrogens with zero attached hydrogens (tertiary/aromatic N) is 1. The van der Waals surface area contributed by atoms with Crippen molar-refractivity contribution >= 4 is 5.97 Å². The number of ether oxygens (including phenoxy) is 1. The van der Waals surface area contributed by atoms with Gasteiger partial charge in [-0.05, 0) is 64.4 Å². The Morgan fingerprint density at radius 1 is 1.00 bits per heavy atom. The fraction of sp³-hybridized carbons (Fsp3) is 0.458. The highest BCUT2D eigenvalue weighted by Crippen LogP contribution is 2.43. The molecule has 27 heavy (non-hydrogen) atoms. The van der Waals surface area contributed by atoms with Crippen molar-refractivity contribution in [2.75, 3.05) is 20.6 Å². The molecule has 0 spiro atoms. The summed E-state index contributed by atoms with van der Waals surface area (Å²) in [5.41, 5.74) is 2.60. The van der Waals surface area contributed by atoms with Crippen LogP contribution in [0.2, 0.25) is 0 Å². The number of aryl methyl sites for hydroxylation is 1. The van der Waals surface area contributed by atoms with Crippen molar-refractivity contribution in [1.82, 2.24) is 4.90 Å². The molecule has 1 aliphatic carbocycles. The van der Waals surface area contributed by atoms with Gasteiger partial charge in [0.25, 0.3) is 0 Å². The molecule has 1 aliphatic rings. The quantitative estimate of drug-likeness (QED) is 0.659. The lowest BCUT2D eigenvalue weighted by molar-refractivity contribution is -0.0575. The number of esters is 1. The Kier molecular flexibility index (Phi) is 6.33. The van der Waals surface area contributed by atoms with E-state index in [4.69, 9.17) is 4.74 Å². The third-order valence-electron chi connectivity index (χ3n) is 5.67. The van der Waals surface area contributed by atoms with Gasteiger partial charge >= 0.3 is 5.97 Å². The van der Waals surface area contributed by atoms with Crippen LogP contribution in [0.3, 0.4) is 0 Å². The van der Waals surface area contributed by atoms with Crippen molar-refractivity contribution in [3.05, 3.63) is 71.3 Å². The van der Waals surface area contributed by atoms with Crippen LogP contribution < -0.4 is 0 Å². The van der Waals surface area contributed by atoms with Crippen molar-refractivity contribution in [3.63, 3.8) is 0 Å². The molecule has 0 saturated heterocycles. The summed E-state index contributed by atoms with van der Waals surface area (Å²) in [4.78, 5) is 15.2. The Bertz CT molecular complexity index is 731. The number of hydrogen-bond donors (Lipinski definition) is 0. The zero-order valence-electron chi connectivity index (χ0n) is 16.8. The predicted molar refractivity (Wildman–Crippen MR) is 110 cm³/mol. The average Bonchev–Trinajstić information content (AvgIpc) is 2.68. The lowest BCUT2D eigenvalue weighted by Crippen LogP contribution is -2.46. The fourth-order valence-electron chi connectivity index (χ4n) is 4.23. The van der Waals surface area contributed by atoms with E-state index >= 15 is 0 Å². The molecule has 3 rings (SSSR count). The molecular formula is C24H31NO2. The largest absolute Gasteiger partial charge is 0.455 e. The van der Waals surface area contributed by atoms with Crippen LogP contribution in [0.1, 0.15) is 59.5 Å². The summed E-state index contributed by atoms with van der Waals surface area (Å²) < 4.78 is 6.36. The van der Waals surface area contributed by atoms with Crippen LogP contribution in [-0.4, -0.2) is 37.1 Å². The number of hydrogen-bond acceptors (Lipinski definition) is 3. The average molecular weight is 366 g/mol. The van der Waals surface area contributed by atoms with Crippen molar-refractivity contribution < 1.29 is 9.53 Å². The molecule has 0 bridgehead atoms. The molecule has 1 fully saturated rings. The fourth-order valence-corrected chi connectivity index (χ4v) is 4.23. The number of benzene rings is 2. The summed E-state index contributed by atoms with van der Waals surface area (Å²) in [6.45, 7) is 2.89. The Labute approximate surface area is 163 Å². The Morgan fingerprint density at radius 3 is 2.22 bits per heavy atom. The van der Waals surface area contributed by atoms with E-state index in [0.29, 0.717) is 5.56 Å². The summed E-state index contributed by atoms with van der Waals surface area (Å²) in [7, 11) is 4.18. The van der Waals surface area contributed by atoms with Crippen molar-refractivity contribution in [2.45, 2.75) is 50.5 Å². The molecule has 0 heterocycles. The van der Waals surface area contributed by atoms with Crippen LogP contribution in [0.4, 0.5) is 0 Å². The second-order valence-corrected chi connectivity index (χ2v) is 8.11. The minimum absolute atomic E-state index is 0.170. The van der Waals surface area contributed by atoms with E-state index in [1.807, 2.05) is 37.3 Å². The second kappa shape index (κ2) is 8.71. The molecule has 1 unspecified atom stereocenters. The molecular weight excluding hydrogens is 334 g/mol. The summed E-state index contributed by atoms with van der Waals surface area (Å²) in [6.07, 6.45) is 5.29. The first kappa shape index (κ1) is 19.6. The second-order valence-electron chi connectivity index (χ2n) is 8.11. The lowest BCUT2D eigenvalue weighted by Gasteiger charge is -2.44. The van der Waals surface area contributed by atoms with E-state index in [9.17, 15) is 4.79 Å². The van der Waals surface area contributed by atoms with E-state index in [1.54, 1.807) is 0 Å². The molecule has 0 N–H and O–H groups in total. The monoisotopic (exact) mass is 365 g/mol. The van der Waals surface area contributed by atoms with Gasteiger partial charge < -0.3 is 9.64 Å². The van der Waals surface area contributed by atoms with Crippen LogP contribution in [0, 0.1) is 6.92 Å². The number of rotatable bonds is 6. The molecule has 1 atom stereocenters. The van der Waals surface area contributed by atoms with Crippen LogP contribution in [0.25, 0.3) is 0 Å². The van der Waals surface area contributed by atoms with E-state index in [0.717, 1.165) is 37.8 Å². The molecule has 2 aromatic rings. The highest BCUT2D eigenvalue weighted by Gasteiger charge is 2.44. The summed E-state index contributed by atoms with van der Waals surface area (Å²) >= 11 is 0. The number of carbonyl (C=O) groups excluding carboxylic acids is 1. The number of carbonyl (C=O) groups is 1. The predicted octanol–water partition coefficient (Wildman–Crippen LogP) is 5.20. The molecule has 1 saturated carbocycles.